The number of aromatic nitrogens is 1. The van der Waals surface area contributed by atoms with Crippen molar-refractivity contribution < 1.29 is 0 Å². The fraction of sp³-hybridized carbons (Fsp3) is 0.789. The minimum absolute atomic E-state index is 0. The predicted octanol–water partition coefficient (Wildman–Crippen LogP) is 4.13. The number of rotatable bonds is 8. The molecule has 0 amide bonds. The Morgan fingerprint density at radius 3 is 2.89 bits per heavy atom. The number of nitrogens with one attached hydrogen (secondary N) is 2. The first-order chi connectivity index (χ1) is 12.8. The normalized spacial score (nSPS) is 22.7. The molecule has 27 heavy (non-hydrogen) atoms. The molecule has 3 rings (SSSR count). The molecule has 0 aromatic carbocycles. The van der Waals surface area contributed by atoms with Gasteiger partial charge in [-0.2, -0.15) is 11.8 Å². The van der Waals surface area contributed by atoms with Gasteiger partial charge in [-0.25, -0.2) is 4.98 Å². The number of thioether (sulfide) groups is 1. The van der Waals surface area contributed by atoms with Gasteiger partial charge in [-0.05, 0) is 44.8 Å². The van der Waals surface area contributed by atoms with Crippen LogP contribution in [0.3, 0.4) is 0 Å². The Labute approximate surface area is 189 Å². The topological polar surface area (TPSA) is 52.6 Å². The maximum atomic E-state index is 4.80. The number of halogens is 1. The summed E-state index contributed by atoms with van der Waals surface area (Å²) >= 11 is 3.88. The van der Waals surface area contributed by atoms with Crippen LogP contribution in [-0.4, -0.2) is 54.2 Å². The summed E-state index contributed by atoms with van der Waals surface area (Å²) in [6.45, 7) is 8.41. The number of anilines is 1. The van der Waals surface area contributed by atoms with E-state index in [-0.39, 0.29) is 24.0 Å². The number of nitrogens with zero attached hydrogens (tertiary/aromatic N) is 3. The van der Waals surface area contributed by atoms with Crippen molar-refractivity contribution in [3.8, 4) is 0 Å². The fourth-order valence-electron chi connectivity index (χ4n) is 3.72. The van der Waals surface area contributed by atoms with Crippen LogP contribution < -0.4 is 15.5 Å². The zero-order valence-corrected chi connectivity index (χ0v) is 20.5. The summed E-state index contributed by atoms with van der Waals surface area (Å²) < 4.78 is 0. The maximum Gasteiger partial charge on any atom is 0.191 e. The van der Waals surface area contributed by atoms with Crippen molar-refractivity contribution in [3.63, 3.8) is 0 Å². The molecule has 154 valence electrons. The van der Waals surface area contributed by atoms with Gasteiger partial charge in [-0.3, -0.25) is 4.99 Å². The molecule has 0 bridgehead atoms. The third-order valence-corrected chi connectivity index (χ3v) is 7.21. The number of aliphatic imine (C=N–C) groups is 1. The van der Waals surface area contributed by atoms with Gasteiger partial charge in [0.2, 0.25) is 0 Å². The molecule has 2 fully saturated rings. The zero-order valence-electron chi connectivity index (χ0n) is 16.6. The van der Waals surface area contributed by atoms with E-state index < -0.39 is 0 Å². The summed E-state index contributed by atoms with van der Waals surface area (Å²) in [4.78, 5) is 12.0. The van der Waals surface area contributed by atoms with Gasteiger partial charge in [0.1, 0.15) is 0 Å². The van der Waals surface area contributed by atoms with E-state index in [1.54, 1.807) is 11.3 Å². The Morgan fingerprint density at radius 2 is 2.15 bits per heavy atom. The molecule has 5 nitrogen and oxygen atoms in total. The molecule has 1 aliphatic carbocycles. The number of guanidine groups is 1. The Morgan fingerprint density at radius 1 is 1.33 bits per heavy atom. The first-order valence-electron chi connectivity index (χ1n) is 10.1. The van der Waals surface area contributed by atoms with E-state index in [2.05, 4.69) is 46.5 Å². The highest BCUT2D eigenvalue weighted by Crippen LogP contribution is 2.29. The van der Waals surface area contributed by atoms with Gasteiger partial charge in [0, 0.05) is 49.3 Å². The highest BCUT2D eigenvalue weighted by molar-refractivity contribution is 14.0. The van der Waals surface area contributed by atoms with E-state index in [1.807, 2.05) is 0 Å². The van der Waals surface area contributed by atoms with Gasteiger partial charge < -0.3 is 15.5 Å². The lowest BCUT2D eigenvalue weighted by molar-refractivity contribution is 0.615. The fourth-order valence-corrected chi connectivity index (χ4v) is 5.77. The number of hydrogen-bond acceptors (Lipinski definition) is 5. The van der Waals surface area contributed by atoms with Crippen LogP contribution in [0.1, 0.15) is 51.6 Å². The highest BCUT2D eigenvalue weighted by atomic mass is 127. The van der Waals surface area contributed by atoms with Crippen LogP contribution in [0.4, 0.5) is 5.13 Å². The van der Waals surface area contributed by atoms with E-state index in [4.69, 9.17) is 9.98 Å². The van der Waals surface area contributed by atoms with Gasteiger partial charge in [0.05, 0.1) is 5.69 Å². The molecule has 2 unspecified atom stereocenters. The van der Waals surface area contributed by atoms with Crippen molar-refractivity contribution in [1.82, 2.24) is 15.6 Å². The lowest BCUT2D eigenvalue weighted by Gasteiger charge is -2.17. The molecule has 1 saturated heterocycles. The van der Waals surface area contributed by atoms with Crippen molar-refractivity contribution in [2.75, 3.05) is 36.8 Å². The summed E-state index contributed by atoms with van der Waals surface area (Å²) in [6, 6.07) is 0.567. The van der Waals surface area contributed by atoms with Crippen molar-refractivity contribution in [2.24, 2.45) is 4.99 Å². The van der Waals surface area contributed by atoms with Crippen LogP contribution in [-0.2, 0) is 6.42 Å². The number of hydrogen-bond donors (Lipinski definition) is 2. The summed E-state index contributed by atoms with van der Waals surface area (Å²) in [5.41, 5.74) is 1.18. The first-order valence-corrected chi connectivity index (χ1v) is 12.1. The van der Waals surface area contributed by atoms with E-state index in [0.29, 0.717) is 6.04 Å². The van der Waals surface area contributed by atoms with Gasteiger partial charge in [0.25, 0.3) is 0 Å². The molecular formula is C19H34IN5S2. The summed E-state index contributed by atoms with van der Waals surface area (Å²) in [6.07, 6.45) is 7.36. The van der Waals surface area contributed by atoms with Crippen LogP contribution in [0.25, 0.3) is 0 Å². The largest absolute Gasteiger partial charge is 0.357 e. The Balaban J connectivity index is 0.00000261. The summed E-state index contributed by atoms with van der Waals surface area (Å²) in [5.74, 6) is 2.19. The van der Waals surface area contributed by atoms with Crippen LogP contribution in [0.2, 0.25) is 0 Å². The average molecular weight is 524 g/mol. The Hall–Kier alpha value is -0.220. The molecule has 2 N–H and O–H groups in total. The Kier molecular flexibility index (Phi) is 10.6. The molecular weight excluding hydrogens is 489 g/mol. The third-order valence-electron chi connectivity index (χ3n) is 5.03. The second-order valence-corrected chi connectivity index (χ2v) is 9.47. The monoisotopic (exact) mass is 523 g/mol. The molecule has 1 aromatic heterocycles. The SMILES string of the molecule is CCNC(=NCCc1csc(N2CCCC2)n1)NC1CCC(SCC)C1.I. The van der Waals surface area contributed by atoms with Gasteiger partial charge >= 0.3 is 0 Å². The zero-order chi connectivity index (χ0) is 18.2. The average Bonchev–Trinajstić information content (AvgIpc) is 3.37. The van der Waals surface area contributed by atoms with Gasteiger partial charge in [-0.1, -0.05) is 6.92 Å². The van der Waals surface area contributed by atoms with E-state index in [1.165, 1.54) is 48.7 Å². The maximum absolute atomic E-state index is 4.80. The number of thiazole rings is 1. The van der Waals surface area contributed by atoms with Crippen molar-refractivity contribution >= 4 is 58.2 Å². The third kappa shape index (κ3) is 7.27. The molecule has 2 heterocycles. The lowest BCUT2D eigenvalue weighted by atomic mass is 10.2. The van der Waals surface area contributed by atoms with Crippen LogP contribution in [0, 0.1) is 0 Å². The molecule has 2 aliphatic rings. The van der Waals surface area contributed by atoms with Gasteiger partial charge in [0.15, 0.2) is 11.1 Å². The highest BCUT2D eigenvalue weighted by Gasteiger charge is 2.25. The van der Waals surface area contributed by atoms with Gasteiger partial charge in [-0.15, -0.1) is 35.3 Å². The van der Waals surface area contributed by atoms with Crippen LogP contribution >= 0.6 is 47.1 Å². The molecule has 8 heteroatoms. The molecule has 1 saturated carbocycles. The molecule has 0 spiro atoms. The van der Waals surface area contributed by atoms with Crippen molar-refractivity contribution in [3.05, 3.63) is 11.1 Å². The molecule has 1 aliphatic heterocycles. The summed E-state index contributed by atoms with van der Waals surface area (Å²) in [5, 5.41) is 11.3. The summed E-state index contributed by atoms with van der Waals surface area (Å²) in [7, 11) is 0. The molecule has 2 atom stereocenters. The van der Waals surface area contributed by atoms with Crippen molar-refractivity contribution in [2.45, 2.75) is 63.7 Å². The van der Waals surface area contributed by atoms with E-state index in [9.17, 15) is 0 Å². The van der Waals surface area contributed by atoms with Crippen LogP contribution in [0.15, 0.2) is 10.4 Å². The van der Waals surface area contributed by atoms with E-state index >= 15 is 0 Å². The quantitative estimate of drug-likeness (QED) is 0.305. The predicted molar refractivity (Wildman–Crippen MR) is 131 cm³/mol. The standard InChI is InChI=1S/C19H33N5S2.HI/c1-3-20-18(22-15-7-8-17(13-15)25-4-2)21-10-9-16-14-26-19(23-16)24-11-5-6-12-24;/h14-15,17H,3-13H2,1-2H3,(H2,20,21,22);1H. The van der Waals surface area contributed by atoms with Crippen LogP contribution in [0.5, 0.6) is 0 Å². The first kappa shape index (κ1) is 23.1. The minimum atomic E-state index is 0. The Bertz CT molecular complexity index is 574. The van der Waals surface area contributed by atoms with E-state index in [0.717, 1.165) is 43.8 Å². The lowest BCUT2D eigenvalue weighted by Crippen LogP contribution is -2.42. The second-order valence-electron chi connectivity index (χ2n) is 7.06. The van der Waals surface area contributed by atoms with Crippen molar-refractivity contribution in [1.29, 1.82) is 0 Å². The minimum Gasteiger partial charge on any atom is -0.357 e. The second kappa shape index (κ2) is 12.4. The molecule has 1 aromatic rings. The smallest absolute Gasteiger partial charge is 0.191 e. The molecule has 0 radical (unpaired) electrons.